The van der Waals surface area contributed by atoms with Gasteiger partial charge in [0.2, 0.25) is 5.95 Å². The van der Waals surface area contributed by atoms with Gasteiger partial charge in [0, 0.05) is 11.6 Å². The fourth-order valence-electron chi connectivity index (χ4n) is 3.29. The molecule has 0 atom stereocenters. The maximum Gasteiger partial charge on any atom is 0.255 e. The van der Waals surface area contributed by atoms with Crippen LogP contribution in [-0.2, 0) is 12.8 Å². The topological polar surface area (TPSA) is 57.8 Å². The Morgan fingerprint density at radius 3 is 2.53 bits per heavy atom. The second kappa shape index (κ2) is 5.76. The molecule has 19 heavy (non-hydrogen) atoms. The number of hydrogen-bond donors (Lipinski definition) is 2. The highest BCUT2D eigenvalue weighted by atomic mass is 16.1. The van der Waals surface area contributed by atoms with Crippen LogP contribution in [0.1, 0.15) is 62.6 Å². The number of anilines is 1. The van der Waals surface area contributed by atoms with Gasteiger partial charge in [-0.25, -0.2) is 4.98 Å². The number of aromatic amines is 1. The van der Waals surface area contributed by atoms with Gasteiger partial charge >= 0.3 is 0 Å². The summed E-state index contributed by atoms with van der Waals surface area (Å²) < 4.78 is 0. The molecule has 0 saturated heterocycles. The van der Waals surface area contributed by atoms with E-state index in [-0.39, 0.29) is 5.56 Å². The van der Waals surface area contributed by atoms with Gasteiger partial charge < -0.3 is 5.32 Å². The number of fused-ring (bicyclic) bond motifs is 1. The fraction of sp³-hybridized carbons (Fsp3) is 0.733. The van der Waals surface area contributed by atoms with E-state index in [2.05, 4.69) is 15.3 Å². The van der Waals surface area contributed by atoms with Crippen molar-refractivity contribution in [3.05, 3.63) is 21.6 Å². The largest absolute Gasteiger partial charge is 0.353 e. The molecule has 1 saturated carbocycles. The van der Waals surface area contributed by atoms with Gasteiger partial charge in [-0.05, 0) is 38.5 Å². The third-order valence-electron chi connectivity index (χ3n) is 4.39. The molecule has 0 aromatic carbocycles. The zero-order valence-corrected chi connectivity index (χ0v) is 11.5. The number of hydrogen-bond acceptors (Lipinski definition) is 3. The lowest BCUT2D eigenvalue weighted by Gasteiger charge is -2.19. The van der Waals surface area contributed by atoms with Crippen molar-refractivity contribution in [2.45, 2.75) is 70.3 Å². The molecule has 4 nitrogen and oxygen atoms in total. The van der Waals surface area contributed by atoms with E-state index in [0.29, 0.717) is 12.0 Å². The summed E-state index contributed by atoms with van der Waals surface area (Å²) in [6.07, 6.45) is 11.8. The molecule has 3 rings (SSSR count). The van der Waals surface area contributed by atoms with Gasteiger partial charge in [0.25, 0.3) is 5.56 Å². The fourth-order valence-corrected chi connectivity index (χ4v) is 3.29. The molecule has 1 fully saturated rings. The zero-order valence-electron chi connectivity index (χ0n) is 11.5. The number of nitrogens with zero attached hydrogens (tertiary/aromatic N) is 1. The quantitative estimate of drug-likeness (QED) is 0.805. The lowest BCUT2D eigenvalue weighted by molar-refractivity contribution is 0.609. The molecule has 2 aliphatic carbocycles. The molecule has 0 radical (unpaired) electrons. The summed E-state index contributed by atoms with van der Waals surface area (Å²) in [6, 6.07) is 0.479. The van der Waals surface area contributed by atoms with Crippen LogP contribution >= 0.6 is 0 Å². The predicted molar refractivity (Wildman–Crippen MR) is 76.6 cm³/mol. The van der Waals surface area contributed by atoms with Crippen molar-refractivity contribution in [2.75, 3.05) is 5.32 Å². The van der Waals surface area contributed by atoms with E-state index < -0.39 is 0 Å². The molecule has 0 spiro atoms. The van der Waals surface area contributed by atoms with Crippen LogP contribution in [0.3, 0.4) is 0 Å². The van der Waals surface area contributed by atoms with E-state index in [0.717, 1.165) is 36.9 Å². The summed E-state index contributed by atoms with van der Waals surface area (Å²) >= 11 is 0. The molecular formula is C15H23N3O. The highest BCUT2D eigenvalue weighted by Crippen LogP contribution is 2.21. The van der Waals surface area contributed by atoms with Crippen LogP contribution in [0, 0.1) is 0 Å². The lowest BCUT2D eigenvalue weighted by Crippen LogP contribution is -2.26. The smallest absolute Gasteiger partial charge is 0.255 e. The van der Waals surface area contributed by atoms with Gasteiger partial charge in [-0.15, -0.1) is 0 Å². The summed E-state index contributed by atoms with van der Waals surface area (Å²) in [7, 11) is 0. The molecule has 0 aliphatic heterocycles. The van der Waals surface area contributed by atoms with Crippen LogP contribution in [0.5, 0.6) is 0 Å². The Kier molecular flexibility index (Phi) is 3.85. The second-order valence-corrected chi connectivity index (χ2v) is 5.88. The minimum atomic E-state index is 0.0702. The Morgan fingerprint density at radius 1 is 1.00 bits per heavy atom. The van der Waals surface area contributed by atoms with E-state index >= 15 is 0 Å². The first-order valence-corrected chi connectivity index (χ1v) is 7.71. The average Bonchev–Trinajstić information content (AvgIpc) is 2.67. The van der Waals surface area contributed by atoms with Crippen molar-refractivity contribution in [3.8, 4) is 0 Å². The zero-order chi connectivity index (χ0) is 13.1. The van der Waals surface area contributed by atoms with E-state index in [1.54, 1.807) is 0 Å². The molecule has 104 valence electrons. The van der Waals surface area contributed by atoms with Gasteiger partial charge in [0.05, 0.1) is 5.69 Å². The summed E-state index contributed by atoms with van der Waals surface area (Å²) in [6.45, 7) is 0. The molecular weight excluding hydrogens is 238 g/mol. The Hall–Kier alpha value is -1.32. The van der Waals surface area contributed by atoms with Crippen molar-refractivity contribution >= 4 is 5.95 Å². The van der Waals surface area contributed by atoms with Crippen molar-refractivity contribution in [2.24, 2.45) is 0 Å². The predicted octanol–water partition coefficient (Wildman–Crippen LogP) is 2.78. The van der Waals surface area contributed by atoms with Crippen molar-refractivity contribution in [3.63, 3.8) is 0 Å². The van der Waals surface area contributed by atoms with E-state index in [1.165, 1.54) is 38.5 Å². The van der Waals surface area contributed by atoms with Crippen LogP contribution in [-0.4, -0.2) is 16.0 Å². The Balaban J connectivity index is 1.77. The molecule has 0 bridgehead atoms. The maximum absolute atomic E-state index is 12.1. The standard InChI is InChI=1S/C15H23N3O/c19-14-12-9-5-6-10-13(12)17-15(18-14)16-11-7-3-1-2-4-8-11/h11H,1-10H2,(H2,16,17,18,19). The van der Waals surface area contributed by atoms with Crippen LogP contribution < -0.4 is 10.9 Å². The summed E-state index contributed by atoms with van der Waals surface area (Å²) in [5, 5.41) is 3.45. The molecule has 2 N–H and O–H groups in total. The second-order valence-electron chi connectivity index (χ2n) is 5.88. The summed E-state index contributed by atoms with van der Waals surface area (Å²) in [5.41, 5.74) is 2.00. The number of rotatable bonds is 2. The SMILES string of the molecule is O=c1[nH]c(NC2CCCCCC2)nc2c1CCCC2. The van der Waals surface area contributed by atoms with Crippen molar-refractivity contribution in [1.29, 1.82) is 0 Å². The Labute approximate surface area is 114 Å². The molecule has 4 heteroatoms. The first kappa shape index (κ1) is 12.7. The molecule has 1 heterocycles. The van der Waals surface area contributed by atoms with Gasteiger partial charge in [-0.3, -0.25) is 9.78 Å². The number of aryl methyl sites for hydroxylation is 1. The first-order chi connectivity index (χ1) is 9.33. The molecule has 2 aliphatic rings. The van der Waals surface area contributed by atoms with E-state index in [1.807, 2.05) is 0 Å². The monoisotopic (exact) mass is 261 g/mol. The van der Waals surface area contributed by atoms with Crippen LogP contribution in [0.15, 0.2) is 4.79 Å². The van der Waals surface area contributed by atoms with Crippen LogP contribution in [0.4, 0.5) is 5.95 Å². The third kappa shape index (κ3) is 2.99. The van der Waals surface area contributed by atoms with E-state index in [9.17, 15) is 4.79 Å². The minimum Gasteiger partial charge on any atom is -0.353 e. The highest BCUT2D eigenvalue weighted by Gasteiger charge is 2.17. The number of H-pyrrole nitrogens is 1. The summed E-state index contributed by atoms with van der Waals surface area (Å²) in [5.74, 6) is 0.692. The Morgan fingerprint density at radius 2 is 1.74 bits per heavy atom. The van der Waals surface area contributed by atoms with Gasteiger partial charge in [0.1, 0.15) is 0 Å². The average molecular weight is 261 g/mol. The third-order valence-corrected chi connectivity index (χ3v) is 4.39. The van der Waals surface area contributed by atoms with Crippen LogP contribution in [0.2, 0.25) is 0 Å². The van der Waals surface area contributed by atoms with Crippen molar-refractivity contribution < 1.29 is 0 Å². The normalized spacial score (nSPS) is 20.6. The Bertz CT molecular complexity index is 487. The molecule has 0 unspecified atom stereocenters. The molecule has 0 amide bonds. The van der Waals surface area contributed by atoms with Gasteiger partial charge in [-0.2, -0.15) is 0 Å². The van der Waals surface area contributed by atoms with Gasteiger partial charge in [0.15, 0.2) is 0 Å². The molecule has 1 aromatic heterocycles. The summed E-state index contributed by atoms with van der Waals surface area (Å²) in [4.78, 5) is 19.6. The highest BCUT2D eigenvalue weighted by molar-refractivity contribution is 5.32. The molecule has 1 aromatic rings. The van der Waals surface area contributed by atoms with Crippen molar-refractivity contribution in [1.82, 2.24) is 9.97 Å². The van der Waals surface area contributed by atoms with Crippen LogP contribution in [0.25, 0.3) is 0 Å². The maximum atomic E-state index is 12.1. The van der Waals surface area contributed by atoms with Gasteiger partial charge in [-0.1, -0.05) is 25.7 Å². The van der Waals surface area contributed by atoms with E-state index in [4.69, 9.17) is 0 Å². The minimum absolute atomic E-state index is 0.0702. The lowest BCUT2D eigenvalue weighted by atomic mass is 9.97. The number of aromatic nitrogens is 2. The first-order valence-electron chi connectivity index (χ1n) is 7.71. The number of nitrogens with one attached hydrogen (secondary N) is 2.